The molecule has 0 saturated heterocycles. The molecule has 70 heavy (non-hydrogen) atoms. The molecule has 0 aliphatic heterocycles. The Bertz CT molecular complexity index is 1200. The number of allylic oxidation sites excluding steroid dienone is 10. The van der Waals surface area contributed by atoms with Crippen LogP contribution >= 0.6 is 0 Å². The summed E-state index contributed by atoms with van der Waals surface area (Å²) in [6.07, 6.45) is 78.2. The van der Waals surface area contributed by atoms with Gasteiger partial charge >= 0.3 is 11.9 Å². The van der Waals surface area contributed by atoms with Gasteiger partial charge in [-0.25, -0.2) is 0 Å². The molecule has 0 heterocycles. The Morgan fingerprint density at radius 2 is 0.600 bits per heavy atom. The molecule has 0 bridgehead atoms. The summed E-state index contributed by atoms with van der Waals surface area (Å²) in [5.41, 5.74) is 0. The van der Waals surface area contributed by atoms with Gasteiger partial charge in [-0.15, -0.1) is 0 Å². The highest BCUT2D eigenvalue weighted by molar-refractivity contribution is 5.70. The molecule has 0 aromatic heterocycles. The zero-order valence-corrected chi connectivity index (χ0v) is 47.0. The molecule has 0 aromatic rings. The summed E-state index contributed by atoms with van der Waals surface area (Å²) in [6.45, 7) is 7.80. The molecule has 0 aliphatic rings. The Kier molecular flexibility index (Phi) is 58.8. The van der Waals surface area contributed by atoms with Gasteiger partial charge in [0.15, 0.2) is 6.10 Å². The van der Waals surface area contributed by atoms with Crippen molar-refractivity contribution in [2.24, 2.45) is 0 Å². The molecule has 0 fully saturated rings. The van der Waals surface area contributed by atoms with E-state index in [1.54, 1.807) is 0 Å². The minimum atomic E-state index is -0.545. The van der Waals surface area contributed by atoms with Crippen LogP contribution in [0.2, 0.25) is 0 Å². The number of hydrogen-bond donors (Lipinski definition) is 0. The van der Waals surface area contributed by atoms with Gasteiger partial charge < -0.3 is 14.2 Å². The number of esters is 2. The lowest BCUT2D eigenvalue weighted by atomic mass is 10.1. The smallest absolute Gasteiger partial charge is 0.306 e. The summed E-state index contributed by atoms with van der Waals surface area (Å²) in [7, 11) is 0. The van der Waals surface area contributed by atoms with Gasteiger partial charge in [-0.05, 0) is 109 Å². The van der Waals surface area contributed by atoms with Gasteiger partial charge in [-0.1, -0.05) is 255 Å². The third-order valence-electron chi connectivity index (χ3n) is 13.5. The molecule has 5 heteroatoms. The molecule has 0 radical (unpaired) electrons. The molecule has 0 spiro atoms. The maximum atomic E-state index is 12.9. The molecule has 0 N–H and O–H groups in total. The largest absolute Gasteiger partial charge is 0.462 e. The molecule has 0 saturated carbocycles. The topological polar surface area (TPSA) is 61.8 Å². The third-order valence-corrected chi connectivity index (χ3v) is 13.5. The lowest BCUT2D eigenvalue weighted by Gasteiger charge is -2.18. The van der Waals surface area contributed by atoms with Crippen molar-refractivity contribution in [2.75, 3.05) is 19.8 Å². The zero-order valence-electron chi connectivity index (χ0n) is 47.0. The van der Waals surface area contributed by atoms with Crippen molar-refractivity contribution >= 4 is 11.9 Å². The van der Waals surface area contributed by atoms with E-state index >= 15 is 0 Å². The van der Waals surface area contributed by atoms with Crippen LogP contribution in [0.15, 0.2) is 60.8 Å². The average Bonchev–Trinajstić information content (AvgIpc) is 3.36. The van der Waals surface area contributed by atoms with Crippen LogP contribution in [0, 0.1) is 0 Å². The van der Waals surface area contributed by atoms with Crippen molar-refractivity contribution in [1.29, 1.82) is 0 Å². The van der Waals surface area contributed by atoms with E-state index in [1.165, 1.54) is 218 Å². The standard InChI is InChI=1S/C65H118O5/c1-4-7-10-13-16-19-22-25-28-30-32-34-36-39-42-45-48-51-54-57-60-68-61-63(70-65(67)59-56-53-50-47-44-41-37-27-24-21-18-15-12-9-6-3)62-69-64(66)58-55-52-49-46-43-40-38-35-33-31-29-26-23-20-17-14-11-8-5-2/h16-17,19-20,25-29,37,63H,4-15,18,21-24,30-36,38-62H2,1-3H3/b19-16-,20-17-,28-25-,29-26-,37-27-. The van der Waals surface area contributed by atoms with E-state index in [9.17, 15) is 9.59 Å². The molecule has 0 aromatic carbocycles. The summed E-state index contributed by atoms with van der Waals surface area (Å²) >= 11 is 0. The van der Waals surface area contributed by atoms with E-state index in [0.29, 0.717) is 19.4 Å². The first kappa shape index (κ1) is 67.6. The Morgan fingerprint density at radius 3 is 0.986 bits per heavy atom. The molecule has 0 rings (SSSR count). The van der Waals surface area contributed by atoms with Crippen molar-refractivity contribution in [2.45, 2.75) is 322 Å². The van der Waals surface area contributed by atoms with Gasteiger partial charge in [0.05, 0.1) is 6.61 Å². The molecular formula is C65H118O5. The van der Waals surface area contributed by atoms with Crippen molar-refractivity contribution in [3.63, 3.8) is 0 Å². The Morgan fingerprint density at radius 1 is 0.314 bits per heavy atom. The zero-order chi connectivity index (χ0) is 50.6. The highest BCUT2D eigenvalue weighted by atomic mass is 16.6. The van der Waals surface area contributed by atoms with Crippen molar-refractivity contribution in [1.82, 2.24) is 0 Å². The highest BCUT2D eigenvalue weighted by Crippen LogP contribution is 2.16. The van der Waals surface area contributed by atoms with E-state index in [2.05, 4.69) is 81.5 Å². The van der Waals surface area contributed by atoms with E-state index in [4.69, 9.17) is 14.2 Å². The summed E-state index contributed by atoms with van der Waals surface area (Å²) < 4.78 is 17.5. The first-order valence-corrected chi connectivity index (χ1v) is 30.8. The minimum Gasteiger partial charge on any atom is -0.462 e. The molecule has 0 amide bonds. The highest BCUT2D eigenvalue weighted by Gasteiger charge is 2.17. The third kappa shape index (κ3) is 58.2. The van der Waals surface area contributed by atoms with Crippen LogP contribution in [0.5, 0.6) is 0 Å². The predicted molar refractivity (Wildman–Crippen MR) is 307 cm³/mol. The number of rotatable bonds is 57. The summed E-state index contributed by atoms with van der Waals surface area (Å²) in [5.74, 6) is -0.400. The van der Waals surface area contributed by atoms with Crippen LogP contribution in [0.4, 0.5) is 0 Å². The average molecular weight is 980 g/mol. The monoisotopic (exact) mass is 979 g/mol. The minimum absolute atomic E-state index is 0.0798. The number of carbonyl (C=O) groups excluding carboxylic acids is 2. The van der Waals surface area contributed by atoms with Crippen molar-refractivity contribution in [3.8, 4) is 0 Å². The van der Waals surface area contributed by atoms with E-state index < -0.39 is 6.10 Å². The van der Waals surface area contributed by atoms with Gasteiger partial charge in [-0.2, -0.15) is 0 Å². The second kappa shape index (κ2) is 60.9. The summed E-state index contributed by atoms with van der Waals surface area (Å²) in [4.78, 5) is 25.6. The van der Waals surface area contributed by atoms with Gasteiger partial charge in [0.2, 0.25) is 0 Å². The number of ether oxygens (including phenoxy) is 3. The lowest BCUT2D eigenvalue weighted by molar-refractivity contribution is -0.163. The number of carbonyl (C=O) groups is 2. The van der Waals surface area contributed by atoms with Gasteiger partial charge in [0, 0.05) is 19.4 Å². The fraction of sp³-hybridized carbons (Fsp3) is 0.815. The summed E-state index contributed by atoms with van der Waals surface area (Å²) in [5, 5.41) is 0. The van der Waals surface area contributed by atoms with Gasteiger partial charge in [0.25, 0.3) is 0 Å². The van der Waals surface area contributed by atoms with Crippen LogP contribution in [-0.2, 0) is 23.8 Å². The van der Waals surface area contributed by atoms with Crippen LogP contribution in [-0.4, -0.2) is 37.9 Å². The second-order valence-electron chi connectivity index (χ2n) is 20.6. The molecule has 1 atom stereocenters. The van der Waals surface area contributed by atoms with E-state index in [0.717, 1.165) is 64.2 Å². The molecule has 1 unspecified atom stereocenters. The Balaban J connectivity index is 4.26. The van der Waals surface area contributed by atoms with Gasteiger partial charge in [0.1, 0.15) is 6.61 Å². The SMILES string of the molecule is CCCCC/C=C\C/C=C\CCCCCCCCCCCCOCC(COC(=O)CCCCCCCCCCC/C=C\C/C=C\CCCCC)OC(=O)CCCCCCC/C=C\CCCCCCCC. The number of unbranched alkanes of at least 4 members (excludes halogenated alkanes) is 36. The predicted octanol–water partition coefficient (Wildman–Crippen LogP) is 21.2. The lowest BCUT2D eigenvalue weighted by Crippen LogP contribution is -2.30. The van der Waals surface area contributed by atoms with E-state index in [-0.39, 0.29) is 25.2 Å². The van der Waals surface area contributed by atoms with Crippen molar-refractivity contribution in [3.05, 3.63) is 60.8 Å². The normalized spacial score (nSPS) is 12.6. The quantitative estimate of drug-likeness (QED) is 0.0345. The second-order valence-corrected chi connectivity index (χ2v) is 20.6. The van der Waals surface area contributed by atoms with Crippen LogP contribution < -0.4 is 0 Å². The summed E-state index contributed by atoms with van der Waals surface area (Å²) in [6, 6.07) is 0. The molecule has 0 aliphatic carbocycles. The molecular weight excluding hydrogens is 861 g/mol. The molecule has 5 nitrogen and oxygen atoms in total. The maximum Gasteiger partial charge on any atom is 0.306 e. The first-order valence-electron chi connectivity index (χ1n) is 30.8. The first-order chi connectivity index (χ1) is 34.6. The fourth-order valence-corrected chi connectivity index (χ4v) is 8.86. The maximum absolute atomic E-state index is 12.9. The Labute approximate surface area is 436 Å². The van der Waals surface area contributed by atoms with Crippen LogP contribution in [0.1, 0.15) is 316 Å². The Hall–Kier alpha value is -2.40. The van der Waals surface area contributed by atoms with Crippen LogP contribution in [0.3, 0.4) is 0 Å². The van der Waals surface area contributed by atoms with Gasteiger partial charge in [-0.3, -0.25) is 9.59 Å². The number of hydrogen-bond acceptors (Lipinski definition) is 5. The van der Waals surface area contributed by atoms with Crippen LogP contribution in [0.25, 0.3) is 0 Å². The molecule has 408 valence electrons. The van der Waals surface area contributed by atoms with Crippen molar-refractivity contribution < 1.29 is 23.8 Å². The van der Waals surface area contributed by atoms with E-state index in [1.807, 2.05) is 0 Å². The fourth-order valence-electron chi connectivity index (χ4n) is 8.86.